The van der Waals surface area contributed by atoms with Gasteiger partial charge in [-0.25, -0.2) is 0 Å². The molecule has 0 atom stereocenters. The highest BCUT2D eigenvalue weighted by Gasteiger charge is 1.93. The van der Waals surface area contributed by atoms with Crippen LogP contribution in [0.5, 0.6) is 0 Å². The third-order valence-corrected chi connectivity index (χ3v) is 1.05. The second-order valence-electron chi connectivity index (χ2n) is 1.66. The van der Waals surface area contributed by atoms with Gasteiger partial charge in [-0.05, 0) is 5.57 Å². The van der Waals surface area contributed by atoms with Crippen molar-refractivity contribution in [1.82, 2.24) is 0 Å². The molecule has 0 aromatic heterocycles. The molecule has 0 amide bonds. The molecule has 0 aliphatic carbocycles. The first-order valence-electron chi connectivity index (χ1n) is 2.52. The molecule has 2 nitrogen and oxygen atoms in total. The fourth-order valence-corrected chi connectivity index (χ4v) is 0.319. The molecule has 0 aliphatic heterocycles. The summed E-state index contributed by atoms with van der Waals surface area (Å²) in [5.41, 5.74) is 0.715. The Hall–Kier alpha value is -0.500. The average Bonchev–Trinajstić information content (AvgIpc) is 1.83. The Labute approximate surface area is 59.5 Å². The summed E-state index contributed by atoms with van der Waals surface area (Å²) in [4.78, 5) is 10.2. The van der Waals surface area contributed by atoms with Gasteiger partial charge in [0.1, 0.15) is 6.61 Å². The van der Waals surface area contributed by atoms with Crippen LogP contribution in [0.25, 0.3) is 0 Å². The van der Waals surface area contributed by atoms with Crippen molar-refractivity contribution in [3.8, 4) is 0 Å². The largest absolute Gasteiger partial charge is 0.461 e. The maximum atomic E-state index is 10.2. The van der Waals surface area contributed by atoms with Crippen LogP contribution in [0.2, 0.25) is 0 Å². The molecular formula is C6H9ClO2. The second-order valence-corrected chi connectivity index (χ2v) is 1.93. The Kier molecular flexibility index (Phi) is 4.14. The lowest BCUT2D eigenvalue weighted by Crippen LogP contribution is -2.02. The maximum Gasteiger partial charge on any atom is 0.302 e. The van der Waals surface area contributed by atoms with E-state index in [1.165, 1.54) is 6.92 Å². The van der Waals surface area contributed by atoms with Crippen LogP contribution in [0.3, 0.4) is 0 Å². The van der Waals surface area contributed by atoms with Crippen LogP contribution in [0.15, 0.2) is 12.2 Å². The molecule has 52 valence electrons. The minimum absolute atomic E-state index is 0.235. The van der Waals surface area contributed by atoms with Gasteiger partial charge in [0.15, 0.2) is 0 Å². The zero-order chi connectivity index (χ0) is 7.28. The number of alkyl halides is 1. The quantitative estimate of drug-likeness (QED) is 0.343. The molecule has 0 heterocycles. The molecule has 0 N–H and O–H groups in total. The van der Waals surface area contributed by atoms with E-state index in [4.69, 9.17) is 11.6 Å². The molecule has 0 saturated heterocycles. The van der Waals surface area contributed by atoms with E-state index in [0.29, 0.717) is 11.5 Å². The SMILES string of the molecule is C=C(CCl)COC(C)=O. The van der Waals surface area contributed by atoms with Gasteiger partial charge in [0.2, 0.25) is 0 Å². The smallest absolute Gasteiger partial charge is 0.302 e. The number of carbonyl (C=O) groups is 1. The zero-order valence-electron chi connectivity index (χ0n) is 5.32. The van der Waals surface area contributed by atoms with Crippen molar-refractivity contribution in [2.45, 2.75) is 6.92 Å². The van der Waals surface area contributed by atoms with E-state index in [9.17, 15) is 4.79 Å². The number of hydrogen-bond donors (Lipinski definition) is 0. The highest BCUT2D eigenvalue weighted by molar-refractivity contribution is 6.19. The molecule has 0 aromatic rings. The van der Waals surface area contributed by atoms with Gasteiger partial charge in [0, 0.05) is 12.8 Å². The minimum atomic E-state index is -0.304. The monoisotopic (exact) mass is 148 g/mol. The summed E-state index contributed by atoms with van der Waals surface area (Å²) in [7, 11) is 0. The molecule has 0 bridgehead atoms. The lowest BCUT2D eigenvalue weighted by atomic mass is 10.4. The summed E-state index contributed by atoms with van der Waals surface area (Å²) in [6.07, 6.45) is 0. The van der Waals surface area contributed by atoms with Crippen LogP contribution in [-0.4, -0.2) is 18.5 Å². The Morgan fingerprint density at radius 1 is 1.78 bits per heavy atom. The normalized spacial score (nSPS) is 8.67. The highest BCUT2D eigenvalue weighted by Crippen LogP contribution is 1.93. The summed E-state index contributed by atoms with van der Waals surface area (Å²) >= 11 is 5.34. The Bertz CT molecular complexity index is 120. The van der Waals surface area contributed by atoms with Gasteiger partial charge in [0.05, 0.1) is 0 Å². The molecule has 0 unspecified atom stereocenters. The molecule has 0 rings (SSSR count). The topological polar surface area (TPSA) is 26.3 Å². The molecule has 0 aromatic carbocycles. The van der Waals surface area contributed by atoms with Crippen LogP contribution < -0.4 is 0 Å². The summed E-state index contributed by atoms with van der Waals surface area (Å²) < 4.78 is 4.57. The number of esters is 1. The van der Waals surface area contributed by atoms with E-state index < -0.39 is 0 Å². The fourth-order valence-electron chi connectivity index (χ4n) is 0.242. The standard InChI is InChI=1S/C6H9ClO2/c1-5(3-7)4-9-6(2)8/h1,3-4H2,2H3. The van der Waals surface area contributed by atoms with Crippen LogP contribution in [0.1, 0.15) is 6.92 Å². The van der Waals surface area contributed by atoms with Crippen LogP contribution in [0, 0.1) is 0 Å². The van der Waals surface area contributed by atoms with E-state index >= 15 is 0 Å². The molecule has 0 radical (unpaired) electrons. The molecular weight excluding hydrogens is 140 g/mol. The lowest BCUT2D eigenvalue weighted by molar-refractivity contribution is -0.139. The number of halogens is 1. The van der Waals surface area contributed by atoms with E-state index in [1.54, 1.807) is 0 Å². The lowest BCUT2D eigenvalue weighted by Gasteiger charge is -1.99. The van der Waals surface area contributed by atoms with E-state index in [0.717, 1.165) is 0 Å². The third-order valence-electron chi connectivity index (χ3n) is 0.669. The van der Waals surface area contributed by atoms with Gasteiger partial charge in [-0.3, -0.25) is 4.79 Å². The average molecular weight is 149 g/mol. The highest BCUT2D eigenvalue weighted by atomic mass is 35.5. The molecule has 0 spiro atoms. The number of carbonyl (C=O) groups excluding carboxylic acids is 1. The van der Waals surface area contributed by atoms with Crippen LogP contribution >= 0.6 is 11.6 Å². The van der Waals surface area contributed by atoms with Crippen molar-refractivity contribution in [2.24, 2.45) is 0 Å². The number of rotatable bonds is 3. The third kappa shape index (κ3) is 5.37. The first-order valence-corrected chi connectivity index (χ1v) is 3.06. The van der Waals surface area contributed by atoms with E-state index in [1.807, 2.05) is 0 Å². The Morgan fingerprint density at radius 3 is 2.67 bits per heavy atom. The molecule has 0 saturated carbocycles. The first kappa shape index (κ1) is 8.50. The second kappa shape index (κ2) is 4.39. The predicted octanol–water partition coefficient (Wildman–Crippen LogP) is 1.34. The Balaban J connectivity index is 3.28. The van der Waals surface area contributed by atoms with Crippen molar-refractivity contribution in [1.29, 1.82) is 0 Å². The van der Waals surface area contributed by atoms with Gasteiger partial charge in [-0.2, -0.15) is 0 Å². The van der Waals surface area contributed by atoms with Gasteiger partial charge >= 0.3 is 5.97 Å². The van der Waals surface area contributed by atoms with E-state index in [-0.39, 0.29) is 12.6 Å². The van der Waals surface area contributed by atoms with Gasteiger partial charge in [-0.15, -0.1) is 11.6 Å². The summed E-state index contributed by atoms with van der Waals surface area (Å²) in [6.45, 7) is 5.12. The predicted molar refractivity (Wildman–Crippen MR) is 36.5 cm³/mol. The van der Waals surface area contributed by atoms with Gasteiger partial charge in [0.25, 0.3) is 0 Å². The molecule has 9 heavy (non-hydrogen) atoms. The maximum absolute atomic E-state index is 10.2. The van der Waals surface area contributed by atoms with Gasteiger partial charge in [-0.1, -0.05) is 6.58 Å². The number of hydrogen-bond acceptors (Lipinski definition) is 2. The minimum Gasteiger partial charge on any atom is -0.461 e. The Morgan fingerprint density at radius 2 is 2.33 bits per heavy atom. The van der Waals surface area contributed by atoms with Crippen molar-refractivity contribution in [3.05, 3.63) is 12.2 Å². The zero-order valence-corrected chi connectivity index (χ0v) is 6.07. The molecule has 0 aliphatic rings. The summed E-state index contributed by atoms with van der Waals surface area (Å²) in [5, 5.41) is 0. The first-order chi connectivity index (χ1) is 4.16. The summed E-state index contributed by atoms with van der Waals surface area (Å²) in [6, 6.07) is 0. The van der Waals surface area contributed by atoms with Crippen molar-refractivity contribution >= 4 is 17.6 Å². The fraction of sp³-hybridized carbons (Fsp3) is 0.500. The van der Waals surface area contributed by atoms with Gasteiger partial charge < -0.3 is 4.74 Å². The van der Waals surface area contributed by atoms with Crippen molar-refractivity contribution < 1.29 is 9.53 Å². The molecule has 3 heteroatoms. The number of ether oxygens (including phenoxy) is 1. The molecule has 0 fully saturated rings. The summed E-state index contributed by atoms with van der Waals surface area (Å²) in [5.74, 6) is 0.0362. The van der Waals surface area contributed by atoms with Crippen molar-refractivity contribution in [3.63, 3.8) is 0 Å². The van der Waals surface area contributed by atoms with Crippen LogP contribution in [0.4, 0.5) is 0 Å². The van der Waals surface area contributed by atoms with Crippen LogP contribution in [-0.2, 0) is 9.53 Å². The van der Waals surface area contributed by atoms with Crippen molar-refractivity contribution in [2.75, 3.05) is 12.5 Å². The van der Waals surface area contributed by atoms with E-state index in [2.05, 4.69) is 11.3 Å².